The number of carbonyl (C=O) groups excluding carboxylic acids is 1. The smallest absolute Gasteiger partial charge is 0.255 e. The summed E-state index contributed by atoms with van der Waals surface area (Å²) < 4.78 is 11.7. The molecule has 3 rings (SSSR count). The number of ether oxygens (including phenoxy) is 2. The van der Waals surface area contributed by atoms with Gasteiger partial charge >= 0.3 is 0 Å². The highest BCUT2D eigenvalue weighted by Crippen LogP contribution is 2.31. The van der Waals surface area contributed by atoms with Crippen LogP contribution in [0.15, 0.2) is 40.9 Å². The third-order valence-corrected chi connectivity index (χ3v) is 3.78. The van der Waals surface area contributed by atoms with E-state index in [0.29, 0.717) is 41.7 Å². The Labute approximate surface area is 130 Å². The fraction of sp³-hybridized carbons (Fsp3) is 0.133. The second-order valence-corrected chi connectivity index (χ2v) is 5.40. The van der Waals surface area contributed by atoms with Gasteiger partial charge in [0, 0.05) is 21.4 Å². The maximum absolute atomic E-state index is 12.2. The summed E-state index contributed by atoms with van der Waals surface area (Å²) in [7, 11) is 0. The molecule has 0 atom stereocenters. The van der Waals surface area contributed by atoms with Crippen molar-refractivity contribution < 1.29 is 14.3 Å². The highest BCUT2D eigenvalue weighted by Gasteiger charge is 2.15. The number of carbonyl (C=O) groups is 1. The fourth-order valence-corrected chi connectivity index (χ4v) is 2.26. The van der Waals surface area contributed by atoms with Crippen LogP contribution < -0.4 is 20.5 Å². The molecule has 0 bridgehead atoms. The maximum atomic E-state index is 12.2. The van der Waals surface area contributed by atoms with Gasteiger partial charge in [0.05, 0.1) is 0 Å². The lowest BCUT2D eigenvalue weighted by Gasteiger charge is -2.18. The fourth-order valence-electron chi connectivity index (χ4n) is 2.01. The van der Waals surface area contributed by atoms with Crippen LogP contribution in [0.5, 0.6) is 11.5 Å². The quantitative estimate of drug-likeness (QED) is 0.818. The van der Waals surface area contributed by atoms with E-state index in [1.165, 1.54) is 0 Å². The van der Waals surface area contributed by atoms with Gasteiger partial charge in [-0.15, -0.1) is 0 Å². The Kier molecular flexibility index (Phi) is 3.70. The molecule has 0 fully saturated rings. The molecule has 21 heavy (non-hydrogen) atoms. The highest BCUT2D eigenvalue weighted by molar-refractivity contribution is 9.10. The summed E-state index contributed by atoms with van der Waals surface area (Å²) in [4.78, 5) is 12.2. The summed E-state index contributed by atoms with van der Waals surface area (Å²) in [5, 5.41) is 2.80. The van der Waals surface area contributed by atoms with Crippen LogP contribution in [0.4, 0.5) is 11.4 Å². The van der Waals surface area contributed by atoms with E-state index in [1.54, 1.807) is 36.4 Å². The Bertz CT molecular complexity index is 703. The van der Waals surface area contributed by atoms with Crippen LogP contribution in [0.2, 0.25) is 0 Å². The number of halogens is 1. The van der Waals surface area contributed by atoms with E-state index in [9.17, 15) is 4.79 Å². The average Bonchev–Trinajstić information content (AvgIpc) is 2.50. The number of fused-ring (bicyclic) bond motifs is 1. The van der Waals surface area contributed by atoms with Crippen molar-refractivity contribution in [1.29, 1.82) is 0 Å². The van der Waals surface area contributed by atoms with Crippen LogP contribution >= 0.6 is 15.9 Å². The molecule has 0 saturated carbocycles. The molecule has 6 heteroatoms. The molecular formula is C15H13BrN2O3. The molecule has 0 saturated heterocycles. The Balaban J connectivity index is 1.80. The van der Waals surface area contributed by atoms with Crippen molar-refractivity contribution in [2.45, 2.75) is 0 Å². The summed E-state index contributed by atoms with van der Waals surface area (Å²) in [6, 6.07) is 10.4. The van der Waals surface area contributed by atoms with Crippen molar-refractivity contribution in [2.75, 3.05) is 24.3 Å². The Morgan fingerprint density at radius 2 is 1.86 bits per heavy atom. The molecule has 1 aliphatic heterocycles. The standard InChI is InChI=1S/C15H13BrN2O3/c16-11-3-2-10(8-12(11)17)18-15(19)9-1-4-13-14(7-9)21-6-5-20-13/h1-4,7-8H,5-6,17H2,(H,18,19). The lowest BCUT2D eigenvalue weighted by Crippen LogP contribution is -2.17. The number of nitrogen functional groups attached to an aromatic ring is 1. The van der Waals surface area contributed by atoms with Gasteiger partial charge in [-0.3, -0.25) is 4.79 Å². The van der Waals surface area contributed by atoms with Crippen LogP contribution in [0.25, 0.3) is 0 Å². The lowest BCUT2D eigenvalue weighted by molar-refractivity contribution is 0.102. The molecule has 2 aromatic carbocycles. The first-order valence-electron chi connectivity index (χ1n) is 6.39. The molecule has 1 aliphatic rings. The van der Waals surface area contributed by atoms with Gasteiger partial charge in [-0.25, -0.2) is 0 Å². The number of amides is 1. The van der Waals surface area contributed by atoms with Crippen molar-refractivity contribution in [3.05, 3.63) is 46.4 Å². The molecule has 108 valence electrons. The SMILES string of the molecule is Nc1cc(NC(=O)c2ccc3c(c2)OCCO3)ccc1Br. The van der Waals surface area contributed by atoms with Crippen LogP contribution in [0.1, 0.15) is 10.4 Å². The Morgan fingerprint density at radius 1 is 1.10 bits per heavy atom. The van der Waals surface area contributed by atoms with Crippen LogP contribution in [-0.4, -0.2) is 19.1 Å². The van der Waals surface area contributed by atoms with Gasteiger partial charge in [0.1, 0.15) is 13.2 Å². The van der Waals surface area contributed by atoms with Crippen molar-refractivity contribution in [2.24, 2.45) is 0 Å². The van der Waals surface area contributed by atoms with E-state index >= 15 is 0 Å². The third-order valence-electron chi connectivity index (χ3n) is 3.06. The van der Waals surface area contributed by atoms with Crippen molar-refractivity contribution >= 4 is 33.2 Å². The van der Waals surface area contributed by atoms with Crippen molar-refractivity contribution in [3.63, 3.8) is 0 Å². The summed E-state index contributed by atoms with van der Waals surface area (Å²) in [6.07, 6.45) is 0. The van der Waals surface area contributed by atoms with Gasteiger partial charge in [0.2, 0.25) is 0 Å². The first-order valence-corrected chi connectivity index (χ1v) is 7.19. The molecule has 3 N–H and O–H groups in total. The van der Waals surface area contributed by atoms with E-state index in [0.717, 1.165) is 4.47 Å². The Morgan fingerprint density at radius 3 is 2.62 bits per heavy atom. The number of hydrogen-bond donors (Lipinski definition) is 2. The van der Waals surface area contributed by atoms with Gasteiger partial charge in [-0.05, 0) is 52.3 Å². The number of anilines is 2. The lowest BCUT2D eigenvalue weighted by atomic mass is 10.1. The predicted octanol–water partition coefficient (Wildman–Crippen LogP) is 3.05. The first kappa shape index (κ1) is 13.8. The molecule has 2 aromatic rings. The molecule has 0 spiro atoms. The van der Waals surface area contributed by atoms with E-state index < -0.39 is 0 Å². The van der Waals surface area contributed by atoms with Crippen molar-refractivity contribution in [1.82, 2.24) is 0 Å². The van der Waals surface area contributed by atoms with Crippen LogP contribution in [0.3, 0.4) is 0 Å². The van der Waals surface area contributed by atoms with Crippen LogP contribution in [-0.2, 0) is 0 Å². The topological polar surface area (TPSA) is 73.6 Å². The second-order valence-electron chi connectivity index (χ2n) is 4.55. The molecule has 0 aromatic heterocycles. The molecular weight excluding hydrogens is 336 g/mol. The monoisotopic (exact) mass is 348 g/mol. The number of nitrogens with one attached hydrogen (secondary N) is 1. The van der Waals surface area contributed by atoms with Gasteiger partial charge < -0.3 is 20.5 Å². The minimum absolute atomic E-state index is 0.228. The molecule has 1 heterocycles. The summed E-state index contributed by atoms with van der Waals surface area (Å²) >= 11 is 3.31. The van der Waals surface area contributed by atoms with E-state index in [1.807, 2.05) is 0 Å². The number of hydrogen-bond acceptors (Lipinski definition) is 4. The zero-order valence-corrected chi connectivity index (χ0v) is 12.6. The van der Waals surface area contributed by atoms with Gasteiger partial charge in [-0.2, -0.15) is 0 Å². The molecule has 0 radical (unpaired) electrons. The molecule has 5 nitrogen and oxygen atoms in total. The zero-order chi connectivity index (χ0) is 14.8. The third kappa shape index (κ3) is 2.95. The zero-order valence-electron chi connectivity index (χ0n) is 11.1. The van der Waals surface area contributed by atoms with Gasteiger partial charge in [-0.1, -0.05) is 0 Å². The van der Waals surface area contributed by atoms with Crippen LogP contribution in [0, 0.1) is 0 Å². The summed E-state index contributed by atoms with van der Waals surface area (Å²) in [5.74, 6) is 1.02. The van der Waals surface area contributed by atoms with E-state index in [-0.39, 0.29) is 5.91 Å². The Hall–Kier alpha value is -2.21. The number of nitrogens with two attached hydrogens (primary N) is 1. The normalized spacial score (nSPS) is 12.8. The van der Waals surface area contributed by atoms with E-state index in [2.05, 4.69) is 21.2 Å². The molecule has 1 amide bonds. The summed E-state index contributed by atoms with van der Waals surface area (Å²) in [5.41, 5.74) is 7.49. The molecule has 0 unspecified atom stereocenters. The second kappa shape index (κ2) is 5.65. The average molecular weight is 349 g/mol. The minimum atomic E-state index is -0.228. The minimum Gasteiger partial charge on any atom is -0.486 e. The maximum Gasteiger partial charge on any atom is 0.255 e. The number of rotatable bonds is 2. The molecule has 0 aliphatic carbocycles. The van der Waals surface area contributed by atoms with Gasteiger partial charge in [0.25, 0.3) is 5.91 Å². The number of benzene rings is 2. The highest BCUT2D eigenvalue weighted by atomic mass is 79.9. The van der Waals surface area contributed by atoms with Crippen molar-refractivity contribution in [3.8, 4) is 11.5 Å². The predicted molar refractivity (Wildman–Crippen MR) is 83.9 cm³/mol. The summed E-state index contributed by atoms with van der Waals surface area (Å²) in [6.45, 7) is 1.01. The largest absolute Gasteiger partial charge is 0.486 e. The first-order chi connectivity index (χ1) is 10.1. The van der Waals surface area contributed by atoms with E-state index in [4.69, 9.17) is 15.2 Å². The van der Waals surface area contributed by atoms with Gasteiger partial charge in [0.15, 0.2) is 11.5 Å².